The van der Waals surface area contributed by atoms with Gasteiger partial charge in [0.15, 0.2) is 0 Å². The van der Waals surface area contributed by atoms with Crippen LogP contribution in [0.15, 0.2) is 48.5 Å². The Kier molecular flexibility index (Phi) is 8.98. The van der Waals surface area contributed by atoms with Crippen molar-refractivity contribution in [1.82, 2.24) is 0 Å². The van der Waals surface area contributed by atoms with E-state index in [1.54, 1.807) is 9.75 Å². The molecule has 0 N–H and O–H groups in total. The standard InChI is InChI=1S/C34H42S2/c1-3-5-7-9-11-13-15-29-21-27-19-17-25-24-32-26(23-31(25)33(27)35-29)18-20-28-22-30(36-34(28)32)16-14-12-10-8-6-4-2/h17-24H,3-16H2,1-2H3. The van der Waals surface area contributed by atoms with Gasteiger partial charge in [0, 0.05) is 29.9 Å². The molecule has 0 aliphatic carbocycles. The van der Waals surface area contributed by atoms with E-state index in [0.29, 0.717) is 0 Å². The van der Waals surface area contributed by atoms with Gasteiger partial charge in [-0.15, -0.1) is 22.7 Å². The second-order valence-electron chi connectivity index (χ2n) is 10.7. The number of hydrogen-bond donors (Lipinski definition) is 0. The maximum absolute atomic E-state index is 2.46. The summed E-state index contributed by atoms with van der Waals surface area (Å²) < 4.78 is 2.95. The van der Waals surface area contributed by atoms with E-state index in [1.165, 1.54) is 132 Å². The number of hydrogen-bond acceptors (Lipinski definition) is 2. The molecule has 0 nitrogen and oxygen atoms in total. The number of thiophene rings is 2. The summed E-state index contributed by atoms with van der Waals surface area (Å²) in [4.78, 5) is 3.11. The Balaban J connectivity index is 1.35. The third-order valence-corrected chi connectivity index (χ3v) is 10.3. The molecular weight excluding hydrogens is 473 g/mol. The van der Waals surface area contributed by atoms with Gasteiger partial charge in [0.25, 0.3) is 0 Å². The lowest BCUT2D eigenvalue weighted by molar-refractivity contribution is 0.609. The fourth-order valence-electron chi connectivity index (χ4n) is 5.65. The van der Waals surface area contributed by atoms with Crippen LogP contribution in [-0.2, 0) is 12.8 Å². The van der Waals surface area contributed by atoms with Crippen LogP contribution in [0.1, 0.15) is 101 Å². The molecule has 0 saturated heterocycles. The third kappa shape index (κ3) is 5.97. The molecule has 3 aromatic carbocycles. The van der Waals surface area contributed by atoms with Crippen LogP contribution in [0, 0.1) is 0 Å². The van der Waals surface area contributed by atoms with Crippen molar-refractivity contribution in [2.45, 2.75) is 104 Å². The summed E-state index contributed by atoms with van der Waals surface area (Å²) in [6.07, 6.45) is 18.9. The van der Waals surface area contributed by atoms with Crippen molar-refractivity contribution in [3.05, 3.63) is 58.3 Å². The van der Waals surface area contributed by atoms with Gasteiger partial charge in [0.05, 0.1) is 0 Å². The predicted octanol–water partition coefficient (Wildman–Crippen LogP) is 12.2. The second kappa shape index (κ2) is 12.6. The second-order valence-corrected chi connectivity index (χ2v) is 13.0. The summed E-state index contributed by atoms with van der Waals surface area (Å²) in [6.45, 7) is 4.59. The summed E-state index contributed by atoms with van der Waals surface area (Å²) in [6, 6.07) is 19.2. The summed E-state index contributed by atoms with van der Waals surface area (Å²) in [5.74, 6) is 0. The minimum atomic E-state index is 1.23. The first-order valence-electron chi connectivity index (χ1n) is 14.6. The minimum Gasteiger partial charge on any atom is -0.140 e. The monoisotopic (exact) mass is 514 g/mol. The molecule has 0 unspecified atom stereocenters. The van der Waals surface area contributed by atoms with Gasteiger partial charge in [-0.25, -0.2) is 0 Å². The number of fused-ring (bicyclic) bond motifs is 6. The van der Waals surface area contributed by atoms with Crippen LogP contribution in [0.25, 0.3) is 41.7 Å². The normalized spacial score (nSPS) is 12.1. The number of rotatable bonds is 14. The van der Waals surface area contributed by atoms with Gasteiger partial charge in [-0.1, -0.05) is 102 Å². The Morgan fingerprint density at radius 1 is 0.444 bits per heavy atom. The highest BCUT2D eigenvalue weighted by molar-refractivity contribution is 7.20. The smallest absolute Gasteiger partial charge is 0.0424 e. The lowest BCUT2D eigenvalue weighted by Gasteiger charge is -2.05. The molecule has 0 radical (unpaired) electrons. The van der Waals surface area contributed by atoms with E-state index >= 15 is 0 Å². The maximum atomic E-state index is 2.46. The Morgan fingerprint density at radius 2 is 0.833 bits per heavy atom. The molecule has 5 aromatic rings. The van der Waals surface area contributed by atoms with E-state index in [0.717, 1.165) is 0 Å². The molecule has 5 rings (SSSR count). The van der Waals surface area contributed by atoms with E-state index in [9.17, 15) is 0 Å². The van der Waals surface area contributed by atoms with Crippen LogP contribution in [0.4, 0.5) is 0 Å². The average molecular weight is 515 g/mol. The van der Waals surface area contributed by atoms with Gasteiger partial charge < -0.3 is 0 Å². The Labute approximate surface area is 225 Å². The summed E-state index contributed by atoms with van der Waals surface area (Å²) in [5.41, 5.74) is 0. The highest BCUT2D eigenvalue weighted by atomic mass is 32.1. The summed E-state index contributed by atoms with van der Waals surface area (Å²) >= 11 is 4.06. The SMILES string of the molecule is CCCCCCCCc1cc2ccc3cc4c(ccc5cc(CCCCCCCC)sc54)cc3c2s1. The van der Waals surface area contributed by atoms with Gasteiger partial charge >= 0.3 is 0 Å². The molecule has 0 spiro atoms. The third-order valence-electron chi connectivity index (χ3n) is 7.77. The van der Waals surface area contributed by atoms with Gasteiger partial charge in [0.1, 0.15) is 0 Å². The zero-order chi connectivity index (χ0) is 24.7. The van der Waals surface area contributed by atoms with Crippen LogP contribution in [0.3, 0.4) is 0 Å². The van der Waals surface area contributed by atoms with Crippen molar-refractivity contribution in [2.24, 2.45) is 0 Å². The molecule has 190 valence electrons. The minimum absolute atomic E-state index is 1.23. The van der Waals surface area contributed by atoms with Crippen molar-refractivity contribution in [3.63, 3.8) is 0 Å². The van der Waals surface area contributed by atoms with Gasteiger partial charge in [-0.05, 0) is 71.5 Å². The first kappa shape index (κ1) is 25.7. The summed E-state index contributed by atoms with van der Waals surface area (Å²) in [5, 5.41) is 8.49. The number of unbranched alkanes of at least 4 members (excludes halogenated alkanes) is 10. The largest absolute Gasteiger partial charge is 0.140 e. The molecule has 36 heavy (non-hydrogen) atoms. The van der Waals surface area contributed by atoms with Gasteiger partial charge in [-0.2, -0.15) is 0 Å². The fraction of sp³-hybridized carbons (Fsp3) is 0.471. The Bertz CT molecular complexity index is 1310. The molecule has 0 bridgehead atoms. The molecule has 0 fully saturated rings. The molecule has 0 aliphatic heterocycles. The van der Waals surface area contributed by atoms with Crippen LogP contribution in [0.5, 0.6) is 0 Å². The lowest BCUT2D eigenvalue weighted by Crippen LogP contribution is -1.82. The van der Waals surface area contributed by atoms with Crippen molar-refractivity contribution >= 4 is 64.4 Å². The molecule has 0 amide bonds. The first-order valence-corrected chi connectivity index (χ1v) is 16.2. The molecule has 0 aliphatic rings. The van der Waals surface area contributed by atoms with E-state index < -0.39 is 0 Å². The number of aryl methyl sites for hydroxylation is 2. The molecule has 2 heterocycles. The molecule has 0 atom stereocenters. The predicted molar refractivity (Wildman–Crippen MR) is 166 cm³/mol. The zero-order valence-corrected chi connectivity index (χ0v) is 24.0. The highest BCUT2D eigenvalue weighted by Crippen LogP contribution is 2.39. The first-order chi connectivity index (χ1) is 17.8. The topological polar surface area (TPSA) is 0 Å². The van der Waals surface area contributed by atoms with Crippen molar-refractivity contribution in [3.8, 4) is 0 Å². The van der Waals surface area contributed by atoms with Crippen LogP contribution in [0.2, 0.25) is 0 Å². The van der Waals surface area contributed by atoms with E-state index in [1.807, 2.05) is 22.7 Å². The van der Waals surface area contributed by atoms with Crippen LogP contribution >= 0.6 is 22.7 Å². The van der Waals surface area contributed by atoms with Crippen molar-refractivity contribution in [1.29, 1.82) is 0 Å². The molecule has 2 heteroatoms. The quantitative estimate of drug-likeness (QED) is 0.102. The highest BCUT2D eigenvalue weighted by Gasteiger charge is 2.11. The van der Waals surface area contributed by atoms with Crippen molar-refractivity contribution in [2.75, 3.05) is 0 Å². The lowest BCUT2D eigenvalue weighted by atomic mass is 10.0. The van der Waals surface area contributed by atoms with Crippen molar-refractivity contribution < 1.29 is 0 Å². The molecular formula is C34H42S2. The molecule has 2 aromatic heterocycles. The van der Waals surface area contributed by atoms with Crippen LogP contribution < -0.4 is 0 Å². The van der Waals surface area contributed by atoms with E-state index in [-0.39, 0.29) is 0 Å². The van der Waals surface area contributed by atoms with E-state index in [4.69, 9.17) is 0 Å². The Hall–Kier alpha value is -1.90. The van der Waals surface area contributed by atoms with Crippen LogP contribution in [-0.4, -0.2) is 0 Å². The molecule has 0 saturated carbocycles. The van der Waals surface area contributed by atoms with Gasteiger partial charge in [-0.3, -0.25) is 0 Å². The number of benzene rings is 3. The summed E-state index contributed by atoms with van der Waals surface area (Å²) in [7, 11) is 0. The van der Waals surface area contributed by atoms with E-state index in [2.05, 4.69) is 62.4 Å². The maximum Gasteiger partial charge on any atom is 0.0424 e. The zero-order valence-electron chi connectivity index (χ0n) is 22.3. The fourth-order valence-corrected chi connectivity index (χ4v) is 8.10. The Morgan fingerprint density at radius 3 is 1.28 bits per heavy atom. The average Bonchev–Trinajstić information content (AvgIpc) is 3.51. The van der Waals surface area contributed by atoms with Gasteiger partial charge in [0.2, 0.25) is 0 Å².